The van der Waals surface area contributed by atoms with Gasteiger partial charge in [0.1, 0.15) is 11.2 Å². The van der Waals surface area contributed by atoms with Crippen LogP contribution in [0.25, 0.3) is 112 Å². The van der Waals surface area contributed by atoms with Crippen molar-refractivity contribution in [2.75, 3.05) is 0 Å². The Labute approximate surface area is 373 Å². The van der Waals surface area contributed by atoms with Gasteiger partial charge in [-0.15, -0.1) is 0 Å². The van der Waals surface area contributed by atoms with Gasteiger partial charge >= 0.3 is 0 Å². The van der Waals surface area contributed by atoms with Crippen molar-refractivity contribution in [3.8, 4) is 45.5 Å². The van der Waals surface area contributed by atoms with E-state index in [1.165, 1.54) is 44.5 Å². The summed E-state index contributed by atoms with van der Waals surface area (Å²) in [5, 5.41) is 5.49. The zero-order valence-electron chi connectivity index (χ0n) is 35.3. The Morgan fingerprint density at radius 3 is 1.71 bits per heavy atom. The van der Waals surface area contributed by atoms with Crippen molar-refractivity contribution < 1.29 is 4.42 Å². The molecule has 0 radical (unpaired) electrons. The minimum absolute atomic E-state index is 0.500. The minimum Gasteiger partial charge on any atom is -0.456 e. The van der Waals surface area contributed by atoms with E-state index in [1.807, 2.05) is 24.3 Å². The highest BCUT2D eigenvalue weighted by Gasteiger charge is 2.53. The third-order valence-electron chi connectivity index (χ3n) is 13.9. The number of nitrogens with zero attached hydrogens (tertiary/aromatic N) is 5. The SMILES string of the molecule is C=Cc1c(/C=C\C)n(-c2nc(-c3ccc4c(c3)oc3ccccc34)nc(-n3c4ccccc4c4ccccc43)n2)c2ccc3c(c12)C1(c2ccccc2-c2ccccc21)c1ccccc1-3. The summed E-state index contributed by atoms with van der Waals surface area (Å²) in [4.78, 5) is 16.3. The summed E-state index contributed by atoms with van der Waals surface area (Å²) in [6.45, 7) is 6.59. The monoisotopic (exact) mass is 831 g/mol. The van der Waals surface area contributed by atoms with Gasteiger partial charge in [-0.05, 0) is 93.9 Å². The fraction of sp³-hybridized carbons (Fsp3) is 0.0339. The van der Waals surface area contributed by atoms with Gasteiger partial charge in [0.15, 0.2) is 5.82 Å². The van der Waals surface area contributed by atoms with Crippen LogP contribution < -0.4 is 0 Å². The highest BCUT2D eigenvalue weighted by atomic mass is 16.3. The van der Waals surface area contributed by atoms with E-state index in [9.17, 15) is 0 Å². The van der Waals surface area contributed by atoms with E-state index in [-0.39, 0.29) is 0 Å². The van der Waals surface area contributed by atoms with E-state index in [0.717, 1.165) is 71.5 Å². The summed E-state index contributed by atoms with van der Waals surface area (Å²) in [7, 11) is 0. The molecule has 65 heavy (non-hydrogen) atoms. The molecule has 0 amide bonds. The maximum atomic E-state index is 6.44. The second-order valence-electron chi connectivity index (χ2n) is 17.0. The molecule has 1 spiro atoms. The van der Waals surface area contributed by atoms with Gasteiger partial charge in [-0.1, -0.05) is 158 Å². The van der Waals surface area contributed by atoms with Gasteiger partial charge in [0, 0.05) is 38.1 Å². The highest BCUT2D eigenvalue weighted by Crippen LogP contribution is 2.64. The molecule has 304 valence electrons. The second kappa shape index (κ2) is 13.2. The van der Waals surface area contributed by atoms with Crippen LogP contribution >= 0.6 is 0 Å². The molecule has 14 rings (SSSR count). The number of rotatable bonds is 5. The Kier molecular flexibility index (Phi) is 7.30. The van der Waals surface area contributed by atoms with Crippen molar-refractivity contribution in [1.82, 2.24) is 24.1 Å². The molecule has 0 unspecified atom stereocenters. The van der Waals surface area contributed by atoms with Gasteiger partial charge in [-0.3, -0.25) is 9.13 Å². The summed E-state index contributed by atoms with van der Waals surface area (Å²) in [6, 6.07) is 62.8. The molecule has 2 aliphatic rings. The lowest BCUT2D eigenvalue weighted by atomic mass is 9.69. The lowest BCUT2D eigenvalue weighted by Crippen LogP contribution is -2.26. The maximum Gasteiger partial charge on any atom is 0.240 e. The summed E-state index contributed by atoms with van der Waals surface area (Å²) >= 11 is 0. The molecule has 4 aromatic heterocycles. The van der Waals surface area contributed by atoms with Crippen molar-refractivity contribution in [3.63, 3.8) is 0 Å². The zero-order valence-corrected chi connectivity index (χ0v) is 35.3. The molecular weight excluding hydrogens is 795 g/mol. The summed E-state index contributed by atoms with van der Waals surface area (Å²) in [5.74, 6) is 1.55. The number of benzene rings is 8. The first-order chi connectivity index (χ1) is 32.2. The summed E-state index contributed by atoms with van der Waals surface area (Å²) in [5.41, 5.74) is 16.9. The predicted octanol–water partition coefficient (Wildman–Crippen LogP) is 14.5. The average Bonchev–Trinajstić information content (AvgIpc) is 4.14. The molecule has 2 aliphatic carbocycles. The fourth-order valence-corrected chi connectivity index (χ4v) is 11.4. The van der Waals surface area contributed by atoms with Crippen LogP contribution in [0.1, 0.15) is 40.4 Å². The number of para-hydroxylation sites is 3. The zero-order chi connectivity index (χ0) is 43.0. The van der Waals surface area contributed by atoms with Crippen LogP contribution in [-0.2, 0) is 5.41 Å². The van der Waals surface area contributed by atoms with Crippen LogP contribution in [0.2, 0.25) is 0 Å². The number of furan rings is 1. The van der Waals surface area contributed by atoms with Crippen LogP contribution in [-0.4, -0.2) is 24.1 Å². The van der Waals surface area contributed by atoms with Gasteiger partial charge < -0.3 is 4.42 Å². The summed E-state index contributed by atoms with van der Waals surface area (Å²) in [6.07, 6.45) is 6.27. The van der Waals surface area contributed by atoms with Gasteiger partial charge in [0.2, 0.25) is 11.9 Å². The normalized spacial score (nSPS) is 13.4. The summed E-state index contributed by atoms with van der Waals surface area (Å²) < 4.78 is 10.8. The van der Waals surface area contributed by atoms with Gasteiger partial charge in [-0.25, -0.2) is 0 Å². The smallest absolute Gasteiger partial charge is 0.240 e. The van der Waals surface area contributed by atoms with Crippen molar-refractivity contribution in [2.45, 2.75) is 12.3 Å². The average molecular weight is 832 g/mol. The molecule has 0 bridgehead atoms. The number of allylic oxidation sites excluding steroid dienone is 1. The molecule has 8 aromatic carbocycles. The quantitative estimate of drug-likeness (QED) is 0.173. The number of hydrogen-bond acceptors (Lipinski definition) is 4. The van der Waals surface area contributed by atoms with Gasteiger partial charge in [0.25, 0.3) is 0 Å². The molecule has 0 saturated heterocycles. The lowest BCUT2D eigenvalue weighted by molar-refractivity contribution is 0.669. The topological polar surface area (TPSA) is 61.7 Å². The first kappa shape index (κ1) is 35.9. The molecule has 0 fully saturated rings. The molecule has 0 aliphatic heterocycles. The Morgan fingerprint density at radius 2 is 1.06 bits per heavy atom. The Bertz CT molecular complexity index is 3950. The number of fused-ring (bicyclic) bond motifs is 18. The predicted molar refractivity (Wildman–Crippen MR) is 265 cm³/mol. The van der Waals surface area contributed by atoms with Crippen LogP contribution in [0, 0.1) is 0 Å². The molecule has 6 heteroatoms. The molecule has 0 saturated carbocycles. The lowest BCUT2D eigenvalue weighted by Gasteiger charge is -2.31. The van der Waals surface area contributed by atoms with E-state index in [1.54, 1.807) is 0 Å². The number of aromatic nitrogens is 5. The highest BCUT2D eigenvalue weighted by molar-refractivity contribution is 6.10. The fourth-order valence-electron chi connectivity index (χ4n) is 11.4. The Morgan fingerprint density at radius 1 is 0.508 bits per heavy atom. The molecule has 4 heterocycles. The molecular formula is C59H37N5O. The first-order valence-electron chi connectivity index (χ1n) is 22.1. The van der Waals surface area contributed by atoms with Gasteiger partial charge in [-0.2, -0.15) is 15.0 Å². The second-order valence-corrected chi connectivity index (χ2v) is 17.0. The first-order valence-corrected chi connectivity index (χ1v) is 22.1. The third kappa shape index (κ3) is 4.64. The molecule has 0 N–H and O–H groups in total. The van der Waals surface area contributed by atoms with Crippen LogP contribution in [0.4, 0.5) is 0 Å². The number of hydrogen-bond donors (Lipinski definition) is 0. The third-order valence-corrected chi connectivity index (χ3v) is 13.9. The van der Waals surface area contributed by atoms with E-state index < -0.39 is 5.41 Å². The standard InChI is InChI=1S/C59H37N5O/c1-3-17-48-36(4-2)54-51(33-32-44-39-20-7-13-26-47(39)59(55(44)54)45-24-11-5-18-37(45)38-19-6-12-25-46(38)59)64(48)58-61-56(35-30-31-43-42-23-10-16-29-52(42)65-53(43)34-35)60-57(62-58)63-49-27-14-8-21-40(49)41-22-9-15-28-50(41)63/h3-34H,2H2,1H3/b17-3-. The molecule has 0 atom stereocenters. The van der Waals surface area contributed by atoms with E-state index in [2.05, 4.69) is 193 Å². The van der Waals surface area contributed by atoms with Crippen molar-refractivity contribution in [1.29, 1.82) is 0 Å². The van der Waals surface area contributed by atoms with Crippen LogP contribution in [0.5, 0.6) is 0 Å². The van der Waals surface area contributed by atoms with Crippen molar-refractivity contribution in [2.24, 2.45) is 0 Å². The minimum atomic E-state index is -0.573. The maximum absolute atomic E-state index is 6.44. The Hall–Kier alpha value is -8.61. The molecule has 12 aromatic rings. The van der Waals surface area contributed by atoms with E-state index >= 15 is 0 Å². The van der Waals surface area contributed by atoms with Crippen LogP contribution in [0.15, 0.2) is 193 Å². The van der Waals surface area contributed by atoms with Gasteiger partial charge in [0.05, 0.1) is 27.7 Å². The van der Waals surface area contributed by atoms with Crippen molar-refractivity contribution in [3.05, 3.63) is 222 Å². The van der Waals surface area contributed by atoms with E-state index in [0.29, 0.717) is 17.7 Å². The van der Waals surface area contributed by atoms with E-state index in [4.69, 9.17) is 19.4 Å². The van der Waals surface area contributed by atoms with Crippen LogP contribution in [0.3, 0.4) is 0 Å². The van der Waals surface area contributed by atoms with Crippen molar-refractivity contribution >= 4 is 66.8 Å². The molecule has 6 nitrogen and oxygen atoms in total. The Balaban J connectivity index is 1.11. The largest absolute Gasteiger partial charge is 0.456 e.